The van der Waals surface area contributed by atoms with Crippen LogP contribution in [0.2, 0.25) is 0 Å². The summed E-state index contributed by atoms with van der Waals surface area (Å²) in [7, 11) is 0. The summed E-state index contributed by atoms with van der Waals surface area (Å²) in [5.41, 5.74) is 0.924. The van der Waals surface area contributed by atoms with Gasteiger partial charge in [0, 0.05) is 23.9 Å². The number of aliphatic carboxylic acids is 1. The maximum absolute atomic E-state index is 12.6. The van der Waals surface area contributed by atoms with Crippen LogP contribution in [0.3, 0.4) is 0 Å². The Morgan fingerprint density at radius 2 is 2.00 bits per heavy atom. The Morgan fingerprint density at radius 3 is 2.61 bits per heavy atom. The van der Waals surface area contributed by atoms with Crippen molar-refractivity contribution in [3.63, 3.8) is 0 Å². The fourth-order valence-electron chi connectivity index (χ4n) is 4.05. The molecule has 2 saturated heterocycles. The first-order valence-corrected chi connectivity index (χ1v) is 8.18. The molecule has 122 valence electrons. The standard InChI is InChI=1S/C17H20N2O4/c20-15(13-10-4-5-11(23-10)14(13)16(21)22)19-9-17(6-7-17)12-3-1-2-8-18-12/h1-3,8,10-11,13-14H,4-7,9H2,(H,19,20)(H,21,22)/t10-,11+,13-,14+/m1/s1. The number of carbonyl (C=O) groups excluding carboxylic acids is 1. The monoisotopic (exact) mass is 316 g/mol. The molecule has 3 heterocycles. The molecule has 4 rings (SSSR count). The highest BCUT2D eigenvalue weighted by atomic mass is 16.5. The second-order valence-electron chi connectivity index (χ2n) is 6.89. The number of ether oxygens (including phenoxy) is 1. The van der Waals surface area contributed by atoms with E-state index in [1.165, 1.54) is 0 Å². The maximum atomic E-state index is 12.6. The smallest absolute Gasteiger partial charge is 0.310 e. The van der Waals surface area contributed by atoms with Crippen LogP contribution in [0.1, 0.15) is 31.4 Å². The van der Waals surface area contributed by atoms with Crippen molar-refractivity contribution in [1.82, 2.24) is 10.3 Å². The van der Waals surface area contributed by atoms with Gasteiger partial charge in [0.1, 0.15) is 0 Å². The van der Waals surface area contributed by atoms with Crippen LogP contribution in [0.15, 0.2) is 24.4 Å². The van der Waals surface area contributed by atoms with E-state index < -0.39 is 17.8 Å². The van der Waals surface area contributed by atoms with Crippen LogP contribution in [0.25, 0.3) is 0 Å². The summed E-state index contributed by atoms with van der Waals surface area (Å²) in [6.45, 7) is 0.517. The van der Waals surface area contributed by atoms with Crippen molar-refractivity contribution in [3.05, 3.63) is 30.1 Å². The van der Waals surface area contributed by atoms with Crippen LogP contribution >= 0.6 is 0 Å². The number of nitrogens with zero attached hydrogens (tertiary/aromatic N) is 1. The van der Waals surface area contributed by atoms with Gasteiger partial charge in [-0.25, -0.2) is 0 Å². The van der Waals surface area contributed by atoms with Crippen molar-refractivity contribution in [2.45, 2.75) is 43.3 Å². The Hall–Kier alpha value is -1.95. The number of carboxylic acids is 1. The Labute approximate surface area is 134 Å². The SMILES string of the molecule is O=C(O)[C@@H]1[C@H](C(=O)NCC2(c3ccccn3)CC2)[C@H]2CC[C@@H]1O2. The van der Waals surface area contributed by atoms with Gasteiger partial charge in [-0.15, -0.1) is 0 Å². The lowest BCUT2D eigenvalue weighted by Gasteiger charge is -2.25. The predicted octanol–water partition coefficient (Wildman–Crippen LogP) is 1.11. The molecule has 2 N–H and O–H groups in total. The summed E-state index contributed by atoms with van der Waals surface area (Å²) < 4.78 is 5.66. The van der Waals surface area contributed by atoms with Crippen LogP contribution in [0.5, 0.6) is 0 Å². The number of pyridine rings is 1. The molecule has 3 aliphatic rings. The molecule has 2 bridgehead atoms. The fraction of sp³-hybridized carbons (Fsp3) is 0.588. The summed E-state index contributed by atoms with van der Waals surface area (Å²) >= 11 is 0. The minimum Gasteiger partial charge on any atom is -0.481 e. The van der Waals surface area contributed by atoms with Gasteiger partial charge in [0.05, 0.1) is 24.0 Å². The first-order valence-electron chi connectivity index (χ1n) is 8.18. The van der Waals surface area contributed by atoms with Gasteiger partial charge >= 0.3 is 5.97 Å². The van der Waals surface area contributed by atoms with Crippen molar-refractivity contribution >= 4 is 11.9 Å². The second-order valence-corrected chi connectivity index (χ2v) is 6.89. The number of fused-ring (bicyclic) bond motifs is 2. The molecule has 1 amide bonds. The molecule has 0 aromatic carbocycles. The van der Waals surface area contributed by atoms with Crippen LogP contribution in [0, 0.1) is 11.8 Å². The second kappa shape index (κ2) is 5.30. The summed E-state index contributed by atoms with van der Waals surface area (Å²) in [4.78, 5) is 28.5. The average Bonchev–Trinajstić information content (AvgIpc) is 3.07. The number of hydrogen-bond donors (Lipinski definition) is 2. The number of amides is 1. The lowest BCUT2D eigenvalue weighted by Crippen LogP contribution is -2.45. The van der Waals surface area contributed by atoms with Crippen LogP contribution in [-0.4, -0.2) is 40.7 Å². The third kappa shape index (κ3) is 2.41. The number of hydrogen-bond acceptors (Lipinski definition) is 4. The molecule has 1 saturated carbocycles. The number of carboxylic acid groups (broad SMARTS) is 1. The molecule has 1 aliphatic carbocycles. The molecule has 0 unspecified atom stereocenters. The molecule has 6 nitrogen and oxygen atoms in total. The van der Waals surface area contributed by atoms with Crippen LogP contribution in [-0.2, 0) is 19.7 Å². The number of nitrogens with one attached hydrogen (secondary N) is 1. The highest BCUT2D eigenvalue weighted by Gasteiger charge is 2.56. The van der Waals surface area contributed by atoms with Gasteiger partial charge in [0.25, 0.3) is 0 Å². The summed E-state index contributed by atoms with van der Waals surface area (Å²) in [6, 6.07) is 5.82. The van der Waals surface area contributed by atoms with E-state index in [0.717, 1.165) is 31.4 Å². The lowest BCUT2D eigenvalue weighted by molar-refractivity contribution is -0.147. The Balaban J connectivity index is 1.44. The first kappa shape index (κ1) is 14.6. The van der Waals surface area contributed by atoms with E-state index in [9.17, 15) is 14.7 Å². The topological polar surface area (TPSA) is 88.5 Å². The number of aromatic nitrogens is 1. The number of rotatable bonds is 5. The van der Waals surface area contributed by atoms with Gasteiger partial charge in [0.15, 0.2) is 0 Å². The van der Waals surface area contributed by atoms with Gasteiger partial charge < -0.3 is 15.2 Å². The summed E-state index contributed by atoms with van der Waals surface area (Å²) in [5.74, 6) is -2.39. The largest absolute Gasteiger partial charge is 0.481 e. The Bertz CT molecular complexity index is 629. The predicted molar refractivity (Wildman–Crippen MR) is 80.7 cm³/mol. The van der Waals surface area contributed by atoms with E-state index in [1.54, 1.807) is 6.20 Å². The van der Waals surface area contributed by atoms with E-state index in [2.05, 4.69) is 10.3 Å². The minimum absolute atomic E-state index is 0.0753. The van der Waals surface area contributed by atoms with Crippen molar-refractivity contribution in [2.75, 3.05) is 6.54 Å². The Kier molecular flexibility index (Phi) is 3.37. The maximum Gasteiger partial charge on any atom is 0.310 e. The zero-order chi connectivity index (χ0) is 16.0. The molecule has 3 fully saturated rings. The van der Waals surface area contributed by atoms with Gasteiger partial charge in [0.2, 0.25) is 5.91 Å². The highest BCUT2D eigenvalue weighted by molar-refractivity contribution is 5.86. The first-order chi connectivity index (χ1) is 11.1. The molecule has 0 spiro atoms. The van der Waals surface area contributed by atoms with Crippen molar-refractivity contribution in [2.24, 2.45) is 11.8 Å². The third-order valence-electron chi connectivity index (χ3n) is 5.52. The molecule has 1 aromatic rings. The van der Waals surface area contributed by atoms with Crippen molar-refractivity contribution in [1.29, 1.82) is 0 Å². The molecule has 23 heavy (non-hydrogen) atoms. The van der Waals surface area contributed by atoms with Gasteiger partial charge in [-0.2, -0.15) is 0 Å². The Morgan fingerprint density at radius 1 is 1.26 bits per heavy atom. The molecule has 6 heteroatoms. The summed E-state index contributed by atoms with van der Waals surface area (Å²) in [5, 5.41) is 12.4. The van der Waals surface area contributed by atoms with E-state index in [1.807, 2.05) is 18.2 Å². The van der Waals surface area contributed by atoms with E-state index in [4.69, 9.17) is 4.74 Å². The van der Waals surface area contributed by atoms with Crippen LogP contribution < -0.4 is 5.32 Å². The van der Waals surface area contributed by atoms with E-state index in [0.29, 0.717) is 6.54 Å². The number of carbonyl (C=O) groups is 2. The van der Waals surface area contributed by atoms with Gasteiger partial charge in [-0.1, -0.05) is 6.07 Å². The zero-order valence-electron chi connectivity index (χ0n) is 12.8. The van der Waals surface area contributed by atoms with Crippen LogP contribution in [0.4, 0.5) is 0 Å². The molecule has 0 radical (unpaired) electrons. The normalized spacial score (nSPS) is 33.4. The minimum atomic E-state index is -0.928. The summed E-state index contributed by atoms with van der Waals surface area (Å²) in [6.07, 6.45) is 4.73. The van der Waals surface area contributed by atoms with Gasteiger partial charge in [-0.05, 0) is 37.8 Å². The third-order valence-corrected chi connectivity index (χ3v) is 5.52. The quantitative estimate of drug-likeness (QED) is 0.849. The molecule has 4 atom stereocenters. The molecule has 1 aromatic heterocycles. The molecule has 2 aliphatic heterocycles. The van der Waals surface area contributed by atoms with Crippen molar-refractivity contribution in [3.8, 4) is 0 Å². The van der Waals surface area contributed by atoms with Crippen molar-refractivity contribution < 1.29 is 19.4 Å². The molecular weight excluding hydrogens is 296 g/mol. The molecular formula is C17H20N2O4. The van der Waals surface area contributed by atoms with E-state index in [-0.39, 0.29) is 23.5 Å². The highest BCUT2D eigenvalue weighted by Crippen LogP contribution is 2.47. The van der Waals surface area contributed by atoms with E-state index >= 15 is 0 Å². The average molecular weight is 316 g/mol. The lowest BCUT2D eigenvalue weighted by atomic mass is 9.78. The van der Waals surface area contributed by atoms with Gasteiger partial charge in [-0.3, -0.25) is 14.6 Å². The fourth-order valence-corrected chi connectivity index (χ4v) is 4.05. The zero-order valence-corrected chi connectivity index (χ0v) is 12.8.